The number of hydrogen-bond acceptors (Lipinski definition) is 6. The Morgan fingerprint density at radius 1 is 1.16 bits per heavy atom. The molecular formula is C19H24O6. The minimum absolute atomic E-state index is 0.309. The predicted molar refractivity (Wildman–Crippen MR) is 89.8 cm³/mol. The Balaban J connectivity index is 2.61. The van der Waals surface area contributed by atoms with Crippen molar-refractivity contribution >= 4 is 17.7 Å². The van der Waals surface area contributed by atoms with E-state index in [0.717, 1.165) is 12.0 Å². The number of carbonyl (C=O) groups is 3. The topological polar surface area (TPSA) is 89.9 Å². The SMILES string of the molecule is CCc1ccc(C2C(C(=O)OC)C(=O)CC(C)(O)C2C(=O)OC)cc1. The number of aliphatic hydroxyl groups is 1. The molecule has 0 aromatic heterocycles. The van der Waals surface area contributed by atoms with E-state index < -0.39 is 41.1 Å². The normalized spacial score (nSPS) is 29.2. The highest BCUT2D eigenvalue weighted by Gasteiger charge is 2.56. The number of Topliss-reactive ketones (excluding diaryl/α,β-unsaturated/α-hetero) is 1. The lowest BCUT2D eigenvalue weighted by Gasteiger charge is -2.43. The van der Waals surface area contributed by atoms with Gasteiger partial charge < -0.3 is 14.6 Å². The zero-order valence-corrected chi connectivity index (χ0v) is 14.9. The zero-order valence-electron chi connectivity index (χ0n) is 14.9. The molecule has 1 aromatic carbocycles. The van der Waals surface area contributed by atoms with E-state index in [4.69, 9.17) is 9.47 Å². The number of rotatable bonds is 4. The Hall–Kier alpha value is -2.21. The second-order valence-electron chi connectivity index (χ2n) is 6.62. The van der Waals surface area contributed by atoms with Crippen molar-refractivity contribution in [3.8, 4) is 0 Å². The van der Waals surface area contributed by atoms with Gasteiger partial charge >= 0.3 is 11.9 Å². The smallest absolute Gasteiger partial charge is 0.316 e. The number of esters is 2. The standard InChI is InChI=1S/C19H24O6/c1-5-11-6-8-12(9-7-11)14-15(17(21)24-3)13(20)10-19(2,23)16(14)18(22)25-4/h6-9,14-16,23H,5,10H2,1-4H3. The molecule has 0 amide bonds. The van der Waals surface area contributed by atoms with Crippen LogP contribution in [0, 0.1) is 11.8 Å². The van der Waals surface area contributed by atoms with E-state index in [9.17, 15) is 19.5 Å². The van der Waals surface area contributed by atoms with Crippen molar-refractivity contribution in [3.05, 3.63) is 35.4 Å². The third-order valence-electron chi connectivity index (χ3n) is 4.95. The first-order valence-corrected chi connectivity index (χ1v) is 8.26. The first-order valence-electron chi connectivity index (χ1n) is 8.26. The zero-order chi connectivity index (χ0) is 18.8. The van der Waals surface area contributed by atoms with Gasteiger partial charge in [-0.2, -0.15) is 0 Å². The Morgan fingerprint density at radius 3 is 2.20 bits per heavy atom. The van der Waals surface area contributed by atoms with Gasteiger partial charge in [-0.25, -0.2) is 0 Å². The molecule has 4 unspecified atom stereocenters. The van der Waals surface area contributed by atoms with Crippen LogP contribution in [0.25, 0.3) is 0 Å². The molecule has 1 fully saturated rings. The van der Waals surface area contributed by atoms with Crippen LogP contribution in [0.5, 0.6) is 0 Å². The van der Waals surface area contributed by atoms with E-state index in [1.807, 2.05) is 19.1 Å². The molecule has 2 rings (SSSR count). The van der Waals surface area contributed by atoms with Gasteiger partial charge in [0.15, 0.2) is 5.78 Å². The number of carbonyl (C=O) groups excluding carboxylic acids is 3. The van der Waals surface area contributed by atoms with E-state index in [0.29, 0.717) is 5.56 Å². The van der Waals surface area contributed by atoms with Gasteiger partial charge in [0, 0.05) is 12.3 Å². The summed E-state index contributed by atoms with van der Waals surface area (Å²) in [5.41, 5.74) is 0.0983. The highest BCUT2D eigenvalue weighted by Crippen LogP contribution is 2.46. The van der Waals surface area contributed by atoms with Crippen LogP contribution in [0.2, 0.25) is 0 Å². The molecule has 6 nitrogen and oxygen atoms in total. The number of methoxy groups -OCH3 is 2. The molecule has 0 aliphatic heterocycles. The predicted octanol–water partition coefficient (Wildman–Crippen LogP) is 1.63. The quantitative estimate of drug-likeness (QED) is 0.657. The second kappa shape index (κ2) is 7.35. The molecule has 136 valence electrons. The van der Waals surface area contributed by atoms with E-state index in [1.165, 1.54) is 21.1 Å². The number of benzene rings is 1. The first-order chi connectivity index (χ1) is 11.8. The average Bonchev–Trinajstić information content (AvgIpc) is 2.59. The summed E-state index contributed by atoms with van der Waals surface area (Å²) in [6.07, 6.45) is 0.526. The summed E-state index contributed by atoms with van der Waals surface area (Å²) < 4.78 is 9.65. The van der Waals surface area contributed by atoms with Crippen molar-refractivity contribution in [1.82, 2.24) is 0 Å². The molecule has 1 aliphatic carbocycles. The molecule has 0 spiro atoms. The Morgan fingerprint density at radius 2 is 1.72 bits per heavy atom. The van der Waals surface area contributed by atoms with Crippen LogP contribution in [0.1, 0.15) is 37.3 Å². The fraction of sp³-hybridized carbons (Fsp3) is 0.526. The number of hydrogen-bond donors (Lipinski definition) is 1. The largest absolute Gasteiger partial charge is 0.469 e. The lowest BCUT2D eigenvalue weighted by Crippen LogP contribution is -2.55. The van der Waals surface area contributed by atoms with E-state index >= 15 is 0 Å². The van der Waals surface area contributed by atoms with Crippen LogP contribution in [0.15, 0.2) is 24.3 Å². The lowest BCUT2D eigenvalue weighted by molar-refractivity contribution is -0.170. The molecule has 1 aliphatic rings. The van der Waals surface area contributed by atoms with Crippen LogP contribution in [0.3, 0.4) is 0 Å². The number of aryl methyl sites for hydroxylation is 1. The molecule has 0 bridgehead atoms. The minimum Gasteiger partial charge on any atom is -0.469 e. The second-order valence-corrected chi connectivity index (χ2v) is 6.62. The summed E-state index contributed by atoms with van der Waals surface area (Å²) in [6, 6.07) is 7.33. The fourth-order valence-corrected chi connectivity index (χ4v) is 3.65. The average molecular weight is 348 g/mol. The first kappa shape index (κ1) is 19.1. The Labute approximate surface area is 147 Å². The van der Waals surface area contributed by atoms with Gasteiger partial charge in [-0.3, -0.25) is 14.4 Å². The number of ketones is 1. The maximum Gasteiger partial charge on any atom is 0.316 e. The molecule has 6 heteroatoms. The van der Waals surface area contributed by atoms with E-state index in [2.05, 4.69) is 0 Å². The van der Waals surface area contributed by atoms with Crippen LogP contribution in [-0.4, -0.2) is 42.6 Å². The molecule has 1 aromatic rings. The highest BCUT2D eigenvalue weighted by atomic mass is 16.5. The number of ether oxygens (including phenoxy) is 2. The Kier molecular flexibility index (Phi) is 5.62. The van der Waals surface area contributed by atoms with Crippen LogP contribution in [0.4, 0.5) is 0 Å². The highest BCUT2D eigenvalue weighted by molar-refractivity contribution is 6.02. The summed E-state index contributed by atoms with van der Waals surface area (Å²) in [7, 11) is 2.42. The maximum absolute atomic E-state index is 12.6. The molecule has 25 heavy (non-hydrogen) atoms. The van der Waals surface area contributed by atoms with E-state index in [-0.39, 0.29) is 6.42 Å². The van der Waals surface area contributed by atoms with Crippen LogP contribution < -0.4 is 0 Å². The Bertz CT molecular complexity index is 661. The van der Waals surface area contributed by atoms with Crippen LogP contribution >= 0.6 is 0 Å². The van der Waals surface area contributed by atoms with Crippen molar-refractivity contribution < 1.29 is 29.0 Å². The lowest BCUT2D eigenvalue weighted by atomic mass is 9.61. The van der Waals surface area contributed by atoms with Gasteiger partial charge in [0.25, 0.3) is 0 Å². The molecule has 1 saturated carbocycles. The third kappa shape index (κ3) is 3.58. The summed E-state index contributed by atoms with van der Waals surface area (Å²) in [5.74, 6) is -4.85. The molecule has 0 radical (unpaired) electrons. The maximum atomic E-state index is 12.6. The van der Waals surface area contributed by atoms with E-state index in [1.54, 1.807) is 12.1 Å². The van der Waals surface area contributed by atoms with Gasteiger partial charge in [0.05, 0.1) is 25.7 Å². The van der Waals surface area contributed by atoms with Crippen molar-refractivity contribution in [2.75, 3.05) is 14.2 Å². The van der Waals surface area contributed by atoms with Gasteiger partial charge in [-0.05, 0) is 24.5 Å². The van der Waals surface area contributed by atoms with Crippen molar-refractivity contribution in [3.63, 3.8) is 0 Å². The van der Waals surface area contributed by atoms with Crippen molar-refractivity contribution in [2.24, 2.45) is 11.8 Å². The van der Waals surface area contributed by atoms with Crippen molar-refractivity contribution in [1.29, 1.82) is 0 Å². The summed E-state index contributed by atoms with van der Waals surface area (Å²) in [5, 5.41) is 10.7. The molecule has 4 atom stereocenters. The summed E-state index contributed by atoms with van der Waals surface area (Å²) in [6.45, 7) is 3.44. The molecule has 0 saturated heterocycles. The third-order valence-corrected chi connectivity index (χ3v) is 4.95. The monoisotopic (exact) mass is 348 g/mol. The van der Waals surface area contributed by atoms with Gasteiger partial charge in [0.2, 0.25) is 0 Å². The van der Waals surface area contributed by atoms with Gasteiger partial charge in [-0.15, -0.1) is 0 Å². The molecular weight excluding hydrogens is 324 g/mol. The molecule has 1 N–H and O–H groups in total. The van der Waals surface area contributed by atoms with Crippen molar-refractivity contribution in [2.45, 2.75) is 38.2 Å². The molecule has 0 heterocycles. The summed E-state index contributed by atoms with van der Waals surface area (Å²) >= 11 is 0. The van der Waals surface area contributed by atoms with Crippen LogP contribution in [-0.2, 0) is 30.3 Å². The van der Waals surface area contributed by atoms with Gasteiger partial charge in [0.1, 0.15) is 5.92 Å². The van der Waals surface area contributed by atoms with Gasteiger partial charge in [-0.1, -0.05) is 31.2 Å². The summed E-state index contributed by atoms with van der Waals surface area (Å²) in [4.78, 5) is 37.2. The fourth-order valence-electron chi connectivity index (χ4n) is 3.65. The minimum atomic E-state index is -1.61.